The molecule has 0 radical (unpaired) electrons. The molecular weight excluding hydrogens is 361 g/mol. The van der Waals surface area contributed by atoms with Gasteiger partial charge in [-0.3, -0.25) is 4.90 Å². The standard InChI is InChI=1S/C16H19Cl2NO3.ClH/c1-11-7-16(20)22-15-9-14(21-2)12(8-13(11)15)10-19(5-3-17)6-4-18;/h7-9H,3-6,10H2,1-2H3;1H. The number of benzene rings is 1. The Bertz CT molecular complexity index is 697. The van der Waals surface area contributed by atoms with Gasteiger partial charge in [0, 0.05) is 54.5 Å². The maximum Gasteiger partial charge on any atom is 0.336 e. The summed E-state index contributed by atoms with van der Waals surface area (Å²) < 4.78 is 10.7. The van der Waals surface area contributed by atoms with Gasteiger partial charge in [-0.2, -0.15) is 0 Å². The quantitative estimate of drug-likeness (QED) is 0.541. The van der Waals surface area contributed by atoms with E-state index in [1.807, 2.05) is 13.0 Å². The molecule has 1 heterocycles. The van der Waals surface area contributed by atoms with Gasteiger partial charge >= 0.3 is 5.63 Å². The van der Waals surface area contributed by atoms with Gasteiger partial charge in [0.05, 0.1) is 7.11 Å². The first kappa shape index (κ1) is 20.1. The summed E-state index contributed by atoms with van der Waals surface area (Å²) in [5.74, 6) is 1.77. The van der Waals surface area contributed by atoms with E-state index in [2.05, 4.69) is 4.90 Å². The Labute approximate surface area is 151 Å². The van der Waals surface area contributed by atoms with E-state index in [9.17, 15) is 4.79 Å². The van der Waals surface area contributed by atoms with E-state index in [4.69, 9.17) is 32.4 Å². The number of hydrogen-bond acceptors (Lipinski definition) is 4. The highest BCUT2D eigenvalue weighted by Gasteiger charge is 2.13. The van der Waals surface area contributed by atoms with Crippen LogP contribution < -0.4 is 10.4 Å². The molecule has 0 saturated heterocycles. The fourth-order valence-corrected chi connectivity index (χ4v) is 2.93. The minimum absolute atomic E-state index is 0. The van der Waals surface area contributed by atoms with Crippen LogP contribution in [-0.4, -0.2) is 36.9 Å². The van der Waals surface area contributed by atoms with Gasteiger partial charge in [-0.25, -0.2) is 4.79 Å². The Balaban J connectivity index is 0.00000264. The van der Waals surface area contributed by atoms with Crippen LogP contribution in [-0.2, 0) is 6.54 Å². The van der Waals surface area contributed by atoms with Crippen LogP contribution in [0.5, 0.6) is 5.75 Å². The van der Waals surface area contributed by atoms with E-state index in [-0.39, 0.29) is 18.0 Å². The molecule has 23 heavy (non-hydrogen) atoms. The molecule has 128 valence electrons. The topological polar surface area (TPSA) is 42.7 Å². The minimum Gasteiger partial charge on any atom is -0.496 e. The normalized spacial score (nSPS) is 10.8. The van der Waals surface area contributed by atoms with Gasteiger partial charge in [0.2, 0.25) is 0 Å². The van der Waals surface area contributed by atoms with E-state index < -0.39 is 0 Å². The van der Waals surface area contributed by atoms with Gasteiger partial charge < -0.3 is 9.15 Å². The molecule has 0 amide bonds. The van der Waals surface area contributed by atoms with Gasteiger partial charge in [-0.15, -0.1) is 35.6 Å². The summed E-state index contributed by atoms with van der Waals surface area (Å²) in [7, 11) is 1.60. The van der Waals surface area contributed by atoms with Gasteiger partial charge in [0.1, 0.15) is 11.3 Å². The lowest BCUT2D eigenvalue weighted by Crippen LogP contribution is -2.27. The monoisotopic (exact) mass is 379 g/mol. The molecule has 0 fully saturated rings. The molecule has 4 nitrogen and oxygen atoms in total. The first-order valence-corrected chi connectivity index (χ1v) is 8.11. The van der Waals surface area contributed by atoms with Crippen molar-refractivity contribution in [2.24, 2.45) is 0 Å². The maximum atomic E-state index is 11.5. The molecule has 0 spiro atoms. The van der Waals surface area contributed by atoms with Gasteiger partial charge in [-0.05, 0) is 18.6 Å². The molecule has 1 aromatic carbocycles. The van der Waals surface area contributed by atoms with E-state index in [0.717, 1.165) is 29.6 Å². The summed E-state index contributed by atoms with van der Waals surface area (Å²) in [5, 5.41) is 0.909. The lowest BCUT2D eigenvalue weighted by molar-refractivity contribution is 0.292. The summed E-state index contributed by atoms with van der Waals surface area (Å²) >= 11 is 11.7. The molecule has 0 aliphatic heterocycles. The largest absolute Gasteiger partial charge is 0.496 e. The van der Waals surface area contributed by atoms with Crippen LogP contribution in [0.15, 0.2) is 27.4 Å². The van der Waals surface area contributed by atoms with Crippen molar-refractivity contribution in [3.05, 3.63) is 39.7 Å². The fourth-order valence-electron chi connectivity index (χ4n) is 2.45. The number of methoxy groups -OCH3 is 1. The molecule has 7 heteroatoms. The number of aryl methyl sites for hydroxylation is 1. The van der Waals surface area contributed by atoms with Crippen molar-refractivity contribution in [3.63, 3.8) is 0 Å². The Kier molecular flexibility index (Phi) is 8.20. The average molecular weight is 381 g/mol. The van der Waals surface area contributed by atoms with E-state index in [1.165, 1.54) is 6.07 Å². The number of fused-ring (bicyclic) bond motifs is 1. The number of halogens is 3. The Morgan fingerprint density at radius 1 is 1.17 bits per heavy atom. The van der Waals surface area contributed by atoms with Gasteiger partial charge in [-0.1, -0.05) is 0 Å². The number of nitrogens with zero attached hydrogens (tertiary/aromatic N) is 1. The molecule has 1 aromatic heterocycles. The number of hydrogen-bond donors (Lipinski definition) is 0. The summed E-state index contributed by atoms with van der Waals surface area (Å²) in [6, 6.07) is 5.26. The molecule has 0 bridgehead atoms. The Morgan fingerprint density at radius 2 is 1.83 bits per heavy atom. The molecular formula is C16H20Cl3NO3. The van der Waals surface area contributed by atoms with Crippen molar-refractivity contribution in [2.45, 2.75) is 13.5 Å². The first-order chi connectivity index (χ1) is 10.6. The zero-order valence-corrected chi connectivity index (χ0v) is 15.4. The van der Waals surface area contributed by atoms with Crippen molar-refractivity contribution < 1.29 is 9.15 Å². The predicted molar refractivity (Wildman–Crippen MR) is 97.7 cm³/mol. The van der Waals surface area contributed by atoms with Crippen LogP contribution in [0.25, 0.3) is 11.0 Å². The van der Waals surface area contributed by atoms with Crippen LogP contribution in [0, 0.1) is 6.92 Å². The van der Waals surface area contributed by atoms with Crippen LogP contribution >= 0.6 is 35.6 Å². The third-order valence-corrected chi connectivity index (χ3v) is 3.89. The SMILES string of the molecule is COc1cc2oc(=O)cc(C)c2cc1CN(CCCl)CCCl.Cl. The second-order valence-electron chi connectivity index (χ2n) is 5.06. The predicted octanol–water partition coefficient (Wildman–Crippen LogP) is 3.81. The second-order valence-corrected chi connectivity index (χ2v) is 5.82. The summed E-state index contributed by atoms with van der Waals surface area (Å²) in [5.41, 5.74) is 2.08. The van der Waals surface area contributed by atoms with Gasteiger partial charge in [0.25, 0.3) is 0 Å². The molecule has 0 N–H and O–H groups in total. The van der Waals surface area contributed by atoms with Crippen molar-refractivity contribution in [1.82, 2.24) is 4.90 Å². The zero-order valence-electron chi connectivity index (χ0n) is 13.1. The van der Waals surface area contributed by atoms with Crippen LogP contribution in [0.2, 0.25) is 0 Å². The van der Waals surface area contributed by atoms with Crippen molar-refractivity contribution in [1.29, 1.82) is 0 Å². The minimum atomic E-state index is -0.356. The average Bonchev–Trinajstić information content (AvgIpc) is 2.47. The highest BCUT2D eigenvalue weighted by Crippen LogP contribution is 2.28. The summed E-state index contributed by atoms with van der Waals surface area (Å²) in [6.07, 6.45) is 0. The third-order valence-electron chi connectivity index (χ3n) is 3.55. The van der Waals surface area contributed by atoms with Crippen molar-refractivity contribution in [3.8, 4) is 5.75 Å². The zero-order chi connectivity index (χ0) is 16.1. The molecule has 0 saturated carbocycles. The lowest BCUT2D eigenvalue weighted by atomic mass is 10.1. The van der Waals surface area contributed by atoms with E-state index in [1.54, 1.807) is 13.2 Å². The number of alkyl halides is 2. The smallest absolute Gasteiger partial charge is 0.336 e. The summed E-state index contributed by atoms with van der Waals surface area (Å²) in [4.78, 5) is 13.7. The molecule has 0 aliphatic carbocycles. The van der Waals surface area contributed by atoms with Crippen LogP contribution in [0.3, 0.4) is 0 Å². The van der Waals surface area contributed by atoms with Crippen molar-refractivity contribution >= 4 is 46.6 Å². The molecule has 2 rings (SSSR count). The molecule has 0 aliphatic rings. The first-order valence-electron chi connectivity index (χ1n) is 7.04. The lowest BCUT2D eigenvalue weighted by Gasteiger charge is -2.21. The van der Waals surface area contributed by atoms with Crippen LogP contribution in [0.4, 0.5) is 0 Å². The number of ether oxygens (including phenoxy) is 1. The van der Waals surface area contributed by atoms with E-state index in [0.29, 0.717) is 29.6 Å². The Morgan fingerprint density at radius 3 is 2.39 bits per heavy atom. The van der Waals surface area contributed by atoms with Crippen LogP contribution in [0.1, 0.15) is 11.1 Å². The molecule has 0 atom stereocenters. The molecule has 0 unspecified atom stereocenters. The van der Waals surface area contributed by atoms with Crippen molar-refractivity contribution in [2.75, 3.05) is 32.0 Å². The number of rotatable bonds is 7. The highest BCUT2D eigenvalue weighted by atomic mass is 35.5. The summed E-state index contributed by atoms with van der Waals surface area (Å²) in [6.45, 7) is 4.07. The van der Waals surface area contributed by atoms with E-state index >= 15 is 0 Å². The maximum absolute atomic E-state index is 11.5. The van der Waals surface area contributed by atoms with Gasteiger partial charge in [0.15, 0.2) is 0 Å². The second kappa shape index (κ2) is 9.38. The highest BCUT2D eigenvalue weighted by molar-refractivity contribution is 6.18. The molecule has 2 aromatic rings. The third kappa shape index (κ3) is 5.01. The Hall–Kier alpha value is -0.940. The fraction of sp³-hybridized carbons (Fsp3) is 0.438.